The van der Waals surface area contributed by atoms with Crippen LogP contribution in [0.4, 0.5) is 4.79 Å². The summed E-state index contributed by atoms with van der Waals surface area (Å²) in [6.45, 7) is 4.10. The average molecular weight is 212 g/mol. The van der Waals surface area contributed by atoms with Gasteiger partial charge in [-0.15, -0.1) is 11.3 Å². The number of hydrazone groups is 1. The smallest absolute Gasteiger partial charge is 0.427 e. The highest BCUT2D eigenvalue weighted by atomic mass is 32.1. The van der Waals surface area contributed by atoms with Crippen LogP contribution in [-0.4, -0.2) is 18.9 Å². The normalized spacial score (nSPS) is 10.4. The Bertz CT molecular complexity index is 333. The first-order valence-electron chi connectivity index (χ1n) is 4.24. The van der Waals surface area contributed by atoms with Crippen molar-refractivity contribution in [2.75, 3.05) is 6.61 Å². The van der Waals surface area contributed by atoms with E-state index in [1.165, 1.54) is 4.88 Å². The third kappa shape index (κ3) is 3.57. The van der Waals surface area contributed by atoms with Crippen molar-refractivity contribution < 1.29 is 9.53 Å². The van der Waals surface area contributed by atoms with Crippen molar-refractivity contribution in [2.24, 2.45) is 5.10 Å². The van der Waals surface area contributed by atoms with Crippen molar-refractivity contribution in [3.8, 4) is 0 Å². The fourth-order valence-electron chi connectivity index (χ4n) is 0.835. The molecule has 0 atom stereocenters. The molecule has 1 amide bonds. The molecular formula is C9H12N2O2S. The number of rotatable bonds is 3. The molecule has 14 heavy (non-hydrogen) atoms. The predicted octanol–water partition coefficient (Wildman–Crippen LogP) is 2.14. The minimum Gasteiger partial charge on any atom is -0.449 e. The minimum absolute atomic E-state index is 0.347. The number of thiophene rings is 1. The Morgan fingerprint density at radius 3 is 3.07 bits per heavy atom. The topological polar surface area (TPSA) is 50.7 Å². The third-order valence-corrected chi connectivity index (χ3v) is 2.32. The molecule has 0 saturated carbocycles. The second-order valence-corrected chi connectivity index (χ2v) is 3.86. The van der Waals surface area contributed by atoms with Gasteiger partial charge in [-0.1, -0.05) is 0 Å². The Labute approximate surface area is 86.6 Å². The first kappa shape index (κ1) is 10.7. The van der Waals surface area contributed by atoms with Crippen LogP contribution in [0.2, 0.25) is 0 Å². The maximum Gasteiger partial charge on any atom is 0.427 e. The van der Waals surface area contributed by atoms with Crippen LogP contribution in [0.1, 0.15) is 16.7 Å². The number of aryl methyl sites for hydroxylation is 1. The number of nitrogens with one attached hydrogen (secondary N) is 1. The first-order chi connectivity index (χ1) is 6.72. The predicted molar refractivity (Wildman–Crippen MR) is 56.8 cm³/mol. The van der Waals surface area contributed by atoms with Crippen LogP contribution in [0.25, 0.3) is 0 Å². The van der Waals surface area contributed by atoms with Gasteiger partial charge in [0.2, 0.25) is 0 Å². The molecule has 0 fully saturated rings. The first-order valence-corrected chi connectivity index (χ1v) is 5.06. The molecule has 1 N–H and O–H groups in total. The van der Waals surface area contributed by atoms with Crippen molar-refractivity contribution in [1.82, 2.24) is 5.43 Å². The minimum atomic E-state index is -0.531. The van der Waals surface area contributed by atoms with E-state index in [9.17, 15) is 4.79 Å². The van der Waals surface area contributed by atoms with Crippen molar-refractivity contribution >= 4 is 23.6 Å². The number of hydrogen-bond donors (Lipinski definition) is 1. The van der Waals surface area contributed by atoms with Gasteiger partial charge < -0.3 is 4.74 Å². The molecule has 0 spiro atoms. The monoisotopic (exact) mass is 212 g/mol. The maximum absolute atomic E-state index is 10.8. The molecule has 0 aliphatic heterocycles. The molecular weight excluding hydrogens is 200 g/mol. The maximum atomic E-state index is 10.8. The lowest BCUT2D eigenvalue weighted by atomic mass is 10.4. The zero-order chi connectivity index (χ0) is 10.4. The highest BCUT2D eigenvalue weighted by Crippen LogP contribution is 2.12. The van der Waals surface area contributed by atoms with E-state index in [0.29, 0.717) is 6.61 Å². The lowest BCUT2D eigenvalue weighted by Crippen LogP contribution is -2.18. The van der Waals surface area contributed by atoms with Gasteiger partial charge in [-0.2, -0.15) is 5.10 Å². The highest BCUT2D eigenvalue weighted by molar-refractivity contribution is 7.13. The number of amides is 1. The van der Waals surface area contributed by atoms with Gasteiger partial charge >= 0.3 is 6.09 Å². The summed E-state index contributed by atoms with van der Waals surface area (Å²) in [7, 11) is 0. The molecule has 5 heteroatoms. The number of carbonyl (C=O) groups excluding carboxylic acids is 1. The van der Waals surface area contributed by atoms with Gasteiger partial charge in [0.05, 0.1) is 12.8 Å². The van der Waals surface area contributed by atoms with Gasteiger partial charge in [0.1, 0.15) is 0 Å². The third-order valence-electron chi connectivity index (χ3n) is 1.38. The number of ether oxygens (including phenoxy) is 1. The van der Waals surface area contributed by atoms with Gasteiger partial charge in [0.25, 0.3) is 0 Å². The summed E-state index contributed by atoms with van der Waals surface area (Å²) in [5.74, 6) is 0. The summed E-state index contributed by atoms with van der Waals surface area (Å²) < 4.78 is 4.62. The summed E-state index contributed by atoms with van der Waals surface area (Å²) >= 11 is 1.61. The molecule has 0 aliphatic carbocycles. The van der Waals surface area contributed by atoms with Crippen molar-refractivity contribution in [3.63, 3.8) is 0 Å². The van der Waals surface area contributed by atoms with Crippen molar-refractivity contribution in [1.29, 1.82) is 0 Å². The largest absolute Gasteiger partial charge is 0.449 e. The number of hydrogen-bond acceptors (Lipinski definition) is 4. The molecule has 0 radical (unpaired) electrons. The molecule has 1 aromatic rings. The SMILES string of the molecule is CCOC(=O)N/N=C/c1ccc(C)s1. The zero-order valence-electron chi connectivity index (χ0n) is 8.11. The molecule has 1 rings (SSSR count). The van der Waals surface area contributed by atoms with E-state index in [4.69, 9.17) is 0 Å². The van der Waals surface area contributed by atoms with Crippen LogP contribution in [0.5, 0.6) is 0 Å². The molecule has 4 nitrogen and oxygen atoms in total. The van der Waals surface area contributed by atoms with Crippen LogP contribution >= 0.6 is 11.3 Å². The second-order valence-electron chi connectivity index (χ2n) is 2.54. The molecule has 0 saturated heterocycles. The van der Waals surface area contributed by atoms with Crippen LogP contribution in [0.15, 0.2) is 17.2 Å². The lowest BCUT2D eigenvalue weighted by Gasteiger charge is -1.97. The second kappa shape index (κ2) is 5.39. The number of carbonyl (C=O) groups is 1. The van der Waals surface area contributed by atoms with E-state index in [0.717, 1.165) is 4.88 Å². The van der Waals surface area contributed by atoms with E-state index in [-0.39, 0.29) is 0 Å². The standard InChI is InChI=1S/C9H12N2O2S/c1-3-13-9(12)11-10-6-8-5-4-7(2)14-8/h4-6H,3H2,1-2H3,(H,11,12)/b10-6+. The molecule has 0 aliphatic rings. The van der Waals surface area contributed by atoms with E-state index < -0.39 is 6.09 Å². The van der Waals surface area contributed by atoms with Crippen LogP contribution < -0.4 is 5.43 Å². The van der Waals surface area contributed by atoms with Crippen molar-refractivity contribution in [3.05, 3.63) is 21.9 Å². The fourth-order valence-corrected chi connectivity index (χ4v) is 1.58. The van der Waals surface area contributed by atoms with Crippen molar-refractivity contribution in [2.45, 2.75) is 13.8 Å². The Morgan fingerprint density at radius 2 is 2.50 bits per heavy atom. The highest BCUT2D eigenvalue weighted by Gasteiger charge is 1.96. The van der Waals surface area contributed by atoms with Crippen LogP contribution in [-0.2, 0) is 4.74 Å². The molecule has 1 heterocycles. The van der Waals surface area contributed by atoms with Gasteiger partial charge in [0, 0.05) is 9.75 Å². The summed E-state index contributed by atoms with van der Waals surface area (Å²) in [6.07, 6.45) is 1.06. The molecule has 76 valence electrons. The number of nitrogens with zero attached hydrogens (tertiary/aromatic N) is 1. The van der Waals surface area contributed by atoms with Crippen LogP contribution in [0, 0.1) is 6.92 Å². The van der Waals surface area contributed by atoms with E-state index in [2.05, 4.69) is 15.3 Å². The van der Waals surface area contributed by atoms with Gasteiger partial charge in [-0.05, 0) is 26.0 Å². The summed E-state index contributed by atoms with van der Waals surface area (Å²) in [4.78, 5) is 13.0. The van der Waals surface area contributed by atoms with Crippen LogP contribution in [0.3, 0.4) is 0 Å². The Hall–Kier alpha value is -1.36. The van der Waals surface area contributed by atoms with E-state index in [1.54, 1.807) is 24.5 Å². The fraction of sp³-hybridized carbons (Fsp3) is 0.333. The molecule has 0 unspecified atom stereocenters. The molecule has 0 bridgehead atoms. The average Bonchev–Trinajstić information content (AvgIpc) is 2.52. The summed E-state index contributed by atoms with van der Waals surface area (Å²) in [5.41, 5.74) is 2.26. The van der Waals surface area contributed by atoms with E-state index >= 15 is 0 Å². The van der Waals surface area contributed by atoms with Gasteiger partial charge in [0.15, 0.2) is 0 Å². The quantitative estimate of drug-likeness (QED) is 0.616. The molecule has 0 aromatic carbocycles. The Balaban J connectivity index is 2.37. The Kier molecular flexibility index (Phi) is 4.12. The summed E-state index contributed by atoms with van der Waals surface area (Å²) in [6, 6.07) is 3.94. The zero-order valence-corrected chi connectivity index (χ0v) is 8.93. The van der Waals surface area contributed by atoms with Gasteiger partial charge in [-0.25, -0.2) is 10.2 Å². The Morgan fingerprint density at radius 1 is 1.71 bits per heavy atom. The van der Waals surface area contributed by atoms with Gasteiger partial charge in [-0.3, -0.25) is 0 Å². The lowest BCUT2D eigenvalue weighted by molar-refractivity contribution is 0.152. The summed E-state index contributed by atoms with van der Waals surface area (Å²) in [5, 5.41) is 3.73. The van der Waals surface area contributed by atoms with E-state index in [1.807, 2.05) is 19.1 Å². The molecule has 1 aromatic heterocycles.